The number of aromatic nitrogens is 1. The molecule has 0 spiro atoms. The van der Waals surface area contributed by atoms with Crippen LogP contribution in [0.25, 0.3) is 0 Å². The van der Waals surface area contributed by atoms with E-state index in [9.17, 15) is 14.7 Å². The Morgan fingerprint density at radius 3 is 2.96 bits per heavy atom. The van der Waals surface area contributed by atoms with Crippen molar-refractivity contribution >= 4 is 5.91 Å². The zero-order valence-electron chi connectivity index (χ0n) is 13.6. The number of hydrogen-bond acceptors (Lipinski definition) is 4. The zero-order chi connectivity index (χ0) is 16.4. The lowest BCUT2D eigenvalue weighted by Gasteiger charge is -2.24. The Morgan fingerprint density at radius 1 is 1.39 bits per heavy atom. The first-order valence-corrected chi connectivity index (χ1v) is 8.31. The third kappa shape index (κ3) is 3.19. The molecule has 0 radical (unpaired) electrons. The third-order valence-corrected chi connectivity index (χ3v) is 4.85. The minimum absolute atomic E-state index is 0.0218. The van der Waals surface area contributed by atoms with E-state index in [0.717, 1.165) is 36.9 Å². The van der Waals surface area contributed by atoms with Gasteiger partial charge in [-0.25, -0.2) is 0 Å². The summed E-state index contributed by atoms with van der Waals surface area (Å²) in [4.78, 5) is 27.1. The van der Waals surface area contributed by atoms with Crippen molar-refractivity contribution in [1.82, 2.24) is 9.47 Å². The van der Waals surface area contributed by atoms with Crippen LogP contribution in [-0.2, 0) is 24.6 Å². The van der Waals surface area contributed by atoms with E-state index in [1.54, 1.807) is 22.6 Å². The van der Waals surface area contributed by atoms with Crippen LogP contribution in [0.3, 0.4) is 0 Å². The number of carbonyl (C=O) groups excluding carboxylic acids is 1. The Labute approximate surface area is 135 Å². The van der Waals surface area contributed by atoms with Gasteiger partial charge in [0.2, 0.25) is 0 Å². The number of fused-ring (bicyclic) bond motifs is 1. The van der Waals surface area contributed by atoms with Gasteiger partial charge in [0.05, 0.1) is 13.2 Å². The Morgan fingerprint density at radius 2 is 2.17 bits per heavy atom. The molecule has 1 amide bonds. The van der Waals surface area contributed by atoms with Crippen molar-refractivity contribution in [2.24, 2.45) is 13.0 Å². The van der Waals surface area contributed by atoms with Gasteiger partial charge in [-0.2, -0.15) is 0 Å². The molecule has 6 heteroatoms. The van der Waals surface area contributed by atoms with Gasteiger partial charge in [0.15, 0.2) is 0 Å². The smallest absolute Gasteiger partial charge is 0.263 e. The maximum atomic E-state index is 12.8. The molecule has 1 aliphatic heterocycles. The van der Waals surface area contributed by atoms with Gasteiger partial charge in [0.1, 0.15) is 5.56 Å². The van der Waals surface area contributed by atoms with Gasteiger partial charge in [-0.15, -0.1) is 0 Å². The van der Waals surface area contributed by atoms with Crippen molar-refractivity contribution < 1.29 is 14.6 Å². The first-order chi connectivity index (χ1) is 11.1. The van der Waals surface area contributed by atoms with Crippen LogP contribution >= 0.6 is 0 Å². The van der Waals surface area contributed by atoms with E-state index in [4.69, 9.17) is 4.74 Å². The second kappa shape index (κ2) is 6.84. The summed E-state index contributed by atoms with van der Waals surface area (Å²) >= 11 is 0. The molecule has 23 heavy (non-hydrogen) atoms. The van der Waals surface area contributed by atoms with Crippen LogP contribution in [0.4, 0.5) is 0 Å². The number of rotatable bonds is 2. The summed E-state index contributed by atoms with van der Waals surface area (Å²) < 4.78 is 7.06. The molecular formula is C17H24N2O4. The predicted octanol–water partition coefficient (Wildman–Crippen LogP) is 0.345. The average molecular weight is 320 g/mol. The first kappa shape index (κ1) is 16.2. The quantitative estimate of drug-likeness (QED) is 0.853. The average Bonchev–Trinajstić information content (AvgIpc) is 2.83. The van der Waals surface area contributed by atoms with Crippen LogP contribution in [-0.4, -0.2) is 53.4 Å². The summed E-state index contributed by atoms with van der Waals surface area (Å²) in [5.74, 6) is -0.342. The largest absolute Gasteiger partial charge is 0.396 e. The van der Waals surface area contributed by atoms with Crippen molar-refractivity contribution in [3.05, 3.63) is 33.2 Å². The van der Waals surface area contributed by atoms with Crippen molar-refractivity contribution in [3.63, 3.8) is 0 Å². The maximum Gasteiger partial charge on any atom is 0.263 e. The van der Waals surface area contributed by atoms with Gasteiger partial charge in [0.25, 0.3) is 11.5 Å². The number of hydrogen-bond donors (Lipinski definition) is 1. The lowest BCUT2D eigenvalue weighted by atomic mass is 9.94. The molecule has 1 aromatic rings. The molecule has 1 aliphatic carbocycles. The van der Waals surface area contributed by atoms with Crippen LogP contribution in [0.5, 0.6) is 0 Å². The van der Waals surface area contributed by atoms with Crippen LogP contribution in [0.2, 0.25) is 0 Å². The van der Waals surface area contributed by atoms with Gasteiger partial charge in [-0.1, -0.05) is 0 Å². The Bertz CT molecular complexity index is 653. The van der Waals surface area contributed by atoms with Crippen molar-refractivity contribution in [3.8, 4) is 0 Å². The third-order valence-electron chi connectivity index (χ3n) is 4.85. The fourth-order valence-corrected chi connectivity index (χ4v) is 3.49. The van der Waals surface area contributed by atoms with E-state index in [-0.39, 0.29) is 29.6 Å². The van der Waals surface area contributed by atoms with Crippen LogP contribution < -0.4 is 5.56 Å². The number of aryl methyl sites for hydroxylation is 1. The van der Waals surface area contributed by atoms with E-state index in [1.807, 2.05) is 0 Å². The minimum Gasteiger partial charge on any atom is -0.396 e. The lowest BCUT2D eigenvalue weighted by Crippen LogP contribution is -2.41. The standard InChI is InChI=1S/C17H24N2O4/c1-18-15-5-3-2-4-13(15)8-14(16(18)21)17(22)19-6-7-23-11-12(9-19)10-20/h8,12,20H,2-7,9-11H2,1H3. The number of carbonyl (C=O) groups is 1. The molecule has 1 fully saturated rings. The number of pyridine rings is 1. The summed E-state index contributed by atoms with van der Waals surface area (Å²) in [5, 5.41) is 9.36. The Hall–Kier alpha value is -1.66. The summed E-state index contributed by atoms with van der Waals surface area (Å²) in [7, 11) is 1.76. The van der Waals surface area contributed by atoms with E-state index >= 15 is 0 Å². The topological polar surface area (TPSA) is 71.8 Å². The number of ether oxygens (including phenoxy) is 1. The van der Waals surface area contributed by atoms with Gasteiger partial charge in [-0.05, 0) is 37.3 Å². The fraction of sp³-hybridized carbons (Fsp3) is 0.647. The molecule has 126 valence electrons. The molecule has 6 nitrogen and oxygen atoms in total. The summed E-state index contributed by atoms with van der Waals surface area (Å²) in [5.41, 5.74) is 2.20. The zero-order valence-corrected chi connectivity index (χ0v) is 13.6. The van der Waals surface area contributed by atoms with E-state index in [2.05, 4.69) is 0 Å². The molecule has 1 aromatic heterocycles. The molecule has 1 saturated heterocycles. The van der Waals surface area contributed by atoms with E-state index in [1.165, 1.54) is 0 Å². The SMILES string of the molecule is Cn1c2c(cc(C(=O)N3CCOCC(CO)C3)c1=O)CCCC2. The van der Waals surface area contributed by atoms with Gasteiger partial charge >= 0.3 is 0 Å². The van der Waals surface area contributed by atoms with E-state index < -0.39 is 0 Å². The fourth-order valence-electron chi connectivity index (χ4n) is 3.49. The summed E-state index contributed by atoms with van der Waals surface area (Å²) in [6.45, 7) is 1.74. The highest BCUT2D eigenvalue weighted by Gasteiger charge is 2.26. The monoisotopic (exact) mass is 320 g/mol. The molecule has 1 atom stereocenters. The van der Waals surface area contributed by atoms with Crippen molar-refractivity contribution in [2.45, 2.75) is 25.7 Å². The number of nitrogens with zero attached hydrogens (tertiary/aromatic N) is 2. The van der Waals surface area contributed by atoms with Gasteiger partial charge in [0, 0.05) is 38.4 Å². The number of aliphatic hydroxyl groups excluding tert-OH is 1. The van der Waals surface area contributed by atoms with Gasteiger partial charge < -0.3 is 19.3 Å². The summed E-state index contributed by atoms with van der Waals surface area (Å²) in [6, 6.07) is 1.79. The molecule has 1 unspecified atom stereocenters. The predicted molar refractivity (Wildman–Crippen MR) is 85.6 cm³/mol. The summed E-state index contributed by atoms with van der Waals surface area (Å²) in [6.07, 6.45) is 4.02. The normalized spacial score (nSPS) is 21.7. The molecule has 2 heterocycles. The molecule has 0 aromatic carbocycles. The van der Waals surface area contributed by atoms with Gasteiger partial charge in [-0.3, -0.25) is 9.59 Å². The van der Waals surface area contributed by atoms with Crippen LogP contribution in [0, 0.1) is 5.92 Å². The molecule has 0 saturated carbocycles. The lowest BCUT2D eigenvalue weighted by molar-refractivity contribution is 0.0725. The Balaban J connectivity index is 1.92. The highest BCUT2D eigenvalue weighted by atomic mass is 16.5. The highest BCUT2D eigenvalue weighted by molar-refractivity contribution is 5.94. The second-order valence-corrected chi connectivity index (χ2v) is 6.48. The van der Waals surface area contributed by atoms with Crippen LogP contribution in [0.1, 0.15) is 34.5 Å². The molecule has 2 aliphatic rings. The number of aliphatic hydroxyl groups is 1. The van der Waals surface area contributed by atoms with E-state index in [0.29, 0.717) is 26.3 Å². The van der Waals surface area contributed by atoms with Crippen LogP contribution in [0.15, 0.2) is 10.9 Å². The molecule has 0 bridgehead atoms. The molecule has 1 N–H and O–H groups in total. The maximum absolute atomic E-state index is 12.8. The molecular weight excluding hydrogens is 296 g/mol. The molecule has 3 rings (SSSR count). The highest BCUT2D eigenvalue weighted by Crippen LogP contribution is 2.21. The van der Waals surface area contributed by atoms with Crippen molar-refractivity contribution in [1.29, 1.82) is 0 Å². The Kier molecular flexibility index (Phi) is 4.82. The minimum atomic E-state index is -0.247. The first-order valence-electron chi connectivity index (χ1n) is 8.31. The second-order valence-electron chi connectivity index (χ2n) is 6.48. The van der Waals surface area contributed by atoms with Crippen molar-refractivity contribution in [2.75, 3.05) is 32.9 Å². The number of amides is 1.